The molecule has 22 heavy (non-hydrogen) atoms. The summed E-state index contributed by atoms with van der Waals surface area (Å²) in [5, 5.41) is 7.19. The monoisotopic (exact) mass is 301 g/mol. The van der Waals surface area contributed by atoms with E-state index in [9.17, 15) is 4.79 Å². The zero-order valence-electron chi connectivity index (χ0n) is 13.5. The second kappa shape index (κ2) is 5.23. The Hall–Kier alpha value is -2.17. The highest BCUT2D eigenvalue weighted by Crippen LogP contribution is 2.32. The van der Waals surface area contributed by atoms with Crippen LogP contribution >= 0.6 is 0 Å². The molecule has 1 heterocycles. The van der Waals surface area contributed by atoms with Crippen LogP contribution in [0.15, 0.2) is 18.2 Å². The lowest BCUT2D eigenvalue weighted by Crippen LogP contribution is -2.49. The highest BCUT2D eigenvalue weighted by atomic mass is 16.5. The number of amides is 2. The summed E-state index contributed by atoms with van der Waals surface area (Å²) < 4.78 is 5.30. The number of hydrogen-bond donors (Lipinski definition) is 3. The molecular weight excluding hydrogens is 278 g/mol. The fourth-order valence-electron chi connectivity index (χ4n) is 3.05. The van der Waals surface area contributed by atoms with E-state index in [0.717, 1.165) is 24.1 Å². The van der Waals surface area contributed by atoms with E-state index in [1.165, 1.54) is 16.6 Å². The first-order valence-corrected chi connectivity index (χ1v) is 7.62. The predicted octanol–water partition coefficient (Wildman–Crippen LogP) is 2.74. The van der Waals surface area contributed by atoms with Crippen molar-refractivity contribution in [3.8, 4) is 5.75 Å². The number of rotatable bonds is 2. The summed E-state index contributed by atoms with van der Waals surface area (Å²) in [5.74, 6) is 0.858. The number of aromatic amines is 1. The number of fused-ring (bicyclic) bond motifs is 3. The van der Waals surface area contributed by atoms with Crippen LogP contribution in [0, 0.1) is 0 Å². The molecule has 0 aliphatic heterocycles. The lowest BCUT2D eigenvalue weighted by atomic mass is 10.1. The minimum atomic E-state index is -0.225. The Morgan fingerprint density at radius 3 is 2.77 bits per heavy atom. The maximum Gasteiger partial charge on any atom is 0.315 e. The zero-order valence-corrected chi connectivity index (χ0v) is 13.5. The fourth-order valence-corrected chi connectivity index (χ4v) is 3.05. The molecule has 0 bridgehead atoms. The molecule has 0 fully saturated rings. The van der Waals surface area contributed by atoms with Gasteiger partial charge in [-0.3, -0.25) is 0 Å². The van der Waals surface area contributed by atoms with Gasteiger partial charge in [0.05, 0.1) is 7.11 Å². The van der Waals surface area contributed by atoms with Gasteiger partial charge in [0.15, 0.2) is 0 Å². The fraction of sp³-hybridized carbons (Fsp3) is 0.471. The minimum Gasteiger partial charge on any atom is -0.497 e. The summed E-state index contributed by atoms with van der Waals surface area (Å²) in [6.07, 6.45) is 1.68. The number of benzene rings is 1. The Kier molecular flexibility index (Phi) is 3.51. The van der Waals surface area contributed by atoms with Gasteiger partial charge < -0.3 is 20.4 Å². The van der Waals surface area contributed by atoms with Gasteiger partial charge in [-0.25, -0.2) is 4.79 Å². The summed E-state index contributed by atoms with van der Waals surface area (Å²) in [4.78, 5) is 15.5. The number of carbonyl (C=O) groups excluding carboxylic acids is 1. The van der Waals surface area contributed by atoms with E-state index in [4.69, 9.17) is 4.74 Å². The van der Waals surface area contributed by atoms with Crippen molar-refractivity contribution >= 4 is 16.9 Å². The van der Waals surface area contributed by atoms with E-state index >= 15 is 0 Å². The van der Waals surface area contributed by atoms with Crippen molar-refractivity contribution in [2.75, 3.05) is 7.11 Å². The molecule has 0 spiro atoms. The van der Waals surface area contributed by atoms with Crippen LogP contribution in [-0.4, -0.2) is 29.7 Å². The summed E-state index contributed by atoms with van der Waals surface area (Å²) >= 11 is 0. The maximum atomic E-state index is 12.0. The topological polar surface area (TPSA) is 66.1 Å². The number of ether oxygens (including phenoxy) is 1. The molecule has 0 saturated carbocycles. The first-order valence-electron chi connectivity index (χ1n) is 7.62. The van der Waals surface area contributed by atoms with Gasteiger partial charge >= 0.3 is 6.03 Å². The van der Waals surface area contributed by atoms with Gasteiger partial charge in [0, 0.05) is 34.6 Å². The van der Waals surface area contributed by atoms with Crippen LogP contribution in [0.2, 0.25) is 0 Å². The molecule has 1 aromatic heterocycles. The van der Waals surface area contributed by atoms with Crippen molar-refractivity contribution in [2.45, 2.75) is 45.2 Å². The van der Waals surface area contributed by atoms with Gasteiger partial charge in [0.25, 0.3) is 0 Å². The molecule has 5 nitrogen and oxygen atoms in total. The number of hydrogen-bond acceptors (Lipinski definition) is 2. The average molecular weight is 301 g/mol. The largest absolute Gasteiger partial charge is 0.497 e. The van der Waals surface area contributed by atoms with E-state index in [1.54, 1.807) is 7.11 Å². The van der Waals surface area contributed by atoms with E-state index in [-0.39, 0.29) is 17.6 Å². The lowest BCUT2D eigenvalue weighted by molar-refractivity contribution is 0.228. The molecule has 3 rings (SSSR count). The molecular formula is C17H23N3O2. The second-order valence-electron chi connectivity index (χ2n) is 6.95. The Bertz CT molecular complexity index is 712. The Morgan fingerprint density at radius 2 is 2.09 bits per heavy atom. The van der Waals surface area contributed by atoms with Gasteiger partial charge in [-0.05, 0) is 51.0 Å². The van der Waals surface area contributed by atoms with Crippen LogP contribution in [0.3, 0.4) is 0 Å². The van der Waals surface area contributed by atoms with E-state index in [1.807, 2.05) is 32.9 Å². The molecule has 0 saturated heterocycles. The molecule has 1 aliphatic rings. The van der Waals surface area contributed by atoms with Gasteiger partial charge in [0.2, 0.25) is 0 Å². The van der Waals surface area contributed by atoms with E-state index in [2.05, 4.69) is 21.7 Å². The third-order valence-electron chi connectivity index (χ3n) is 3.93. The van der Waals surface area contributed by atoms with E-state index < -0.39 is 0 Å². The molecule has 1 aliphatic carbocycles. The lowest BCUT2D eigenvalue weighted by Gasteiger charge is -2.22. The molecule has 1 atom stereocenters. The number of H-pyrrole nitrogens is 1. The zero-order chi connectivity index (χ0) is 15.9. The highest BCUT2D eigenvalue weighted by molar-refractivity contribution is 5.87. The first-order chi connectivity index (χ1) is 10.4. The molecule has 1 aromatic carbocycles. The molecule has 2 aromatic rings. The van der Waals surface area contributed by atoms with Crippen LogP contribution in [0.4, 0.5) is 4.79 Å². The SMILES string of the molecule is COc1ccc2[nH]c3c(c2c1)CC(NC(=O)NC(C)(C)C)C3. The van der Waals surface area contributed by atoms with Crippen LogP contribution < -0.4 is 15.4 Å². The van der Waals surface area contributed by atoms with Crippen LogP contribution in [0.5, 0.6) is 5.75 Å². The third-order valence-corrected chi connectivity index (χ3v) is 3.93. The van der Waals surface area contributed by atoms with Crippen LogP contribution in [-0.2, 0) is 12.8 Å². The Morgan fingerprint density at radius 1 is 1.32 bits per heavy atom. The molecule has 1 unspecified atom stereocenters. The Balaban J connectivity index is 1.74. The molecule has 2 amide bonds. The normalized spacial score (nSPS) is 17.4. The number of nitrogens with one attached hydrogen (secondary N) is 3. The second-order valence-corrected chi connectivity index (χ2v) is 6.95. The van der Waals surface area contributed by atoms with Crippen LogP contribution in [0.1, 0.15) is 32.0 Å². The van der Waals surface area contributed by atoms with Crippen molar-refractivity contribution in [1.82, 2.24) is 15.6 Å². The number of carbonyl (C=O) groups is 1. The van der Waals surface area contributed by atoms with Crippen molar-refractivity contribution in [2.24, 2.45) is 0 Å². The molecule has 118 valence electrons. The van der Waals surface area contributed by atoms with Crippen molar-refractivity contribution < 1.29 is 9.53 Å². The predicted molar refractivity (Wildman–Crippen MR) is 87.5 cm³/mol. The summed E-state index contributed by atoms with van der Waals surface area (Å²) in [5.41, 5.74) is 3.40. The number of urea groups is 1. The standard InChI is InChI=1S/C17H23N3O2/c1-17(2,3)20-16(21)18-10-7-12-13-9-11(22-4)5-6-14(13)19-15(12)8-10/h5-6,9-10,19H,7-8H2,1-4H3,(H2,18,20,21). The quantitative estimate of drug-likeness (QED) is 0.798. The van der Waals surface area contributed by atoms with Gasteiger partial charge in [0.1, 0.15) is 5.75 Å². The van der Waals surface area contributed by atoms with Gasteiger partial charge in [-0.2, -0.15) is 0 Å². The molecule has 3 N–H and O–H groups in total. The smallest absolute Gasteiger partial charge is 0.315 e. The number of methoxy groups -OCH3 is 1. The average Bonchev–Trinajstić information content (AvgIpc) is 2.92. The molecule has 5 heteroatoms. The summed E-state index contributed by atoms with van der Waals surface area (Å²) in [6, 6.07) is 6.09. The Labute approximate surface area is 130 Å². The maximum absolute atomic E-state index is 12.0. The highest BCUT2D eigenvalue weighted by Gasteiger charge is 2.27. The van der Waals surface area contributed by atoms with Crippen LogP contribution in [0.25, 0.3) is 10.9 Å². The van der Waals surface area contributed by atoms with Crippen molar-refractivity contribution in [1.29, 1.82) is 0 Å². The van der Waals surface area contributed by atoms with E-state index in [0.29, 0.717) is 0 Å². The van der Waals surface area contributed by atoms with Gasteiger partial charge in [-0.15, -0.1) is 0 Å². The minimum absolute atomic E-state index is 0.107. The third kappa shape index (κ3) is 2.89. The van der Waals surface area contributed by atoms with Crippen molar-refractivity contribution in [3.63, 3.8) is 0 Å². The summed E-state index contributed by atoms with van der Waals surface area (Å²) in [6.45, 7) is 5.93. The van der Waals surface area contributed by atoms with Crippen molar-refractivity contribution in [3.05, 3.63) is 29.5 Å². The van der Waals surface area contributed by atoms with Gasteiger partial charge in [-0.1, -0.05) is 0 Å². The summed E-state index contributed by atoms with van der Waals surface area (Å²) in [7, 11) is 1.68. The molecule has 0 radical (unpaired) electrons. The first kappa shape index (κ1) is 14.8. The number of aromatic nitrogens is 1.